The fraction of sp³-hybridized carbons (Fsp3) is 0.556. The maximum Gasteiger partial charge on any atom is 0.241 e. The Labute approximate surface area is 148 Å². The van der Waals surface area contributed by atoms with Gasteiger partial charge in [0.2, 0.25) is 11.8 Å². The number of amides is 2. The van der Waals surface area contributed by atoms with Crippen molar-refractivity contribution in [3.8, 4) is 0 Å². The van der Waals surface area contributed by atoms with Crippen molar-refractivity contribution in [3.63, 3.8) is 0 Å². The van der Waals surface area contributed by atoms with Gasteiger partial charge in [-0.05, 0) is 18.1 Å². The lowest BCUT2D eigenvalue weighted by Gasteiger charge is -2.36. The Bertz CT molecular complexity index is 629. The number of carbonyl (C=O) groups is 2. The molecule has 2 aliphatic heterocycles. The number of hydrogen-bond donors (Lipinski definition) is 1. The molecule has 1 saturated heterocycles. The summed E-state index contributed by atoms with van der Waals surface area (Å²) in [4.78, 5) is 30.6. The maximum atomic E-state index is 12.7. The molecule has 0 bridgehead atoms. The largest absolute Gasteiger partial charge is 0.383 e. The van der Waals surface area contributed by atoms with Gasteiger partial charge in [0.1, 0.15) is 6.04 Å². The summed E-state index contributed by atoms with van der Waals surface area (Å²) in [6.07, 6.45) is 0.918. The predicted molar refractivity (Wildman–Crippen MR) is 95.4 cm³/mol. The third-order valence-electron chi connectivity index (χ3n) is 4.89. The molecule has 7 nitrogen and oxygen atoms in total. The van der Waals surface area contributed by atoms with Crippen LogP contribution in [0.2, 0.25) is 0 Å². The number of fused-ring (bicyclic) bond motifs is 1. The normalized spacial score (nSPS) is 19.0. The van der Waals surface area contributed by atoms with Crippen LogP contribution in [-0.4, -0.2) is 80.6 Å². The van der Waals surface area contributed by atoms with Gasteiger partial charge in [-0.1, -0.05) is 18.2 Å². The number of carbonyl (C=O) groups excluding carboxylic acids is 2. The van der Waals surface area contributed by atoms with E-state index >= 15 is 0 Å². The van der Waals surface area contributed by atoms with Gasteiger partial charge in [0.15, 0.2) is 0 Å². The summed E-state index contributed by atoms with van der Waals surface area (Å²) in [6.45, 7) is 3.94. The molecule has 2 amide bonds. The quantitative estimate of drug-likeness (QED) is 0.791. The highest BCUT2D eigenvalue weighted by Crippen LogP contribution is 2.27. The highest BCUT2D eigenvalue weighted by molar-refractivity contribution is 5.96. The minimum Gasteiger partial charge on any atom is -0.383 e. The average Bonchev–Trinajstić information content (AvgIpc) is 3.06. The summed E-state index contributed by atoms with van der Waals surface area (Å²) in [6, 6.07) is 7.46. The van der Waals surface area contributed by atoms with Gasteiger partial charge in [-0.25, -0.2) is 0 Å². The fourth-order valence-electron chi connectivity index (χ4n) is 3.49. The molecule has 2 aliphatic rings. The molecule has 25 heavy (non-hydrogen) atoms. The molecule has 0 aliphatic carbocycles. The van der Waals surface area contributed by atoms with Crippen molar-refractivity contribution in [2.75, 3.05) is 57.9 Å². The molecular weight excluding hydrogens is 320 g/mol. The number of nitrogens with zero attached hydrogens (tertiary/aromatic N) is 3. The standard InChI is InChI=1S/C18H26N4O3/c1-25-13-15(19)18(24)21-10-8-20(9-11-21)12-17(23)22-7-6-14-4-2-3-5-16(14)22/h2-5,15H,6-13,19H2,1H3. The van der Waals surface area contributed by atoms with Crippen molar-refractivity contribution >= 4 is 17.5 Å². The van der Waals surface area contributed by atoms with Crippen LogP contribution in [0.5, 0.6) is 0 Å². The van der Waals surface area contributed by atoms with Gasteiger partial charge in [-0.2, -0.15) is 0 Å². The van der Waals surface area contributed by atoms with Crippen LogP contribution < -0.4 is 10.6 Å². The van der Waals surface area contributed by atoms with E-state index in [9.17, 15) is 9.59 Å². The first-order valence-corrected chi connectivity index (χ1v) is 8.74. The van der Waals surface area contributed by atoms with E-state index in [1.54, 1.807) is 4.90 Å². The van der Waals surface area contributed by atoms with Gasteiger partial charge in [0.25, 0.3) is 0 Å². The van der Waals surface area contributed by atoms with Gasteiger partial charge in [0.05, 0.1) is 13.2 Å². The number of nitrogens with two attached hydrogens (primary N) is 1. The molecule has 0 radical (unpaired) electrons. The van der Waals surface area contributed by atoms with Crippen molar-refractivity contribution in [3.05, 3.63) is 29.8 Å². The number of para-hydroxylation sites is 1. The summed E-state index contributed by atoms with van der Waals surface area (Å²) in [5, 5.41) is 0. The van der Waals surface area contributed by atoms with E-state index in [4.69, 9.17) is 10.5 Å². The van der Waals surface area contributed by atoms with Crippen LogP contribution in [0.4, 0.5) is 5.69 Å². The Morgan fingerprint density at radius 3 is 2.60 bits per heavy atom. The van der Waals surface area contributed by atoms with E-state index in [-0.39, 0.29) is 18.4 Å². The number of ether oxygens (including phenoxy) is 1. The summed E-state index contributed by atoms with van der Waals surface area (Å²) >= 11 is 0. The summed E-state index contributed by atoms with van der Waals surface area (Å²) in [5.74, 6) is 0.0436. The molecule has 1 fully saturated rings. The third kappa shape index (κ3) is 4.00. The minimum absolute atomic E-state index is 0.0821. The van der Waals surface area contributed by atoms with Gasteiger partial charge < -0.3 is 20.3 Å². The lowest BCUT2D eigenvalue weighted by atomic mass is 10.2. The predicted octanol–water partition coefficient (Wildman–Crippen LogP) is -0.306. The molecule has 0 spiro atoms. The molecule has 2 N–H and O–H groups in total. The van der Waals surface area contributed by atoms with Crippen molar-refractivity contribution in [1.29, 1.82) is 0 Å². The monoisotopic (exact) mass is 346 g/mol. The van der Waals surface area contributed by atoms with E-state index in [0.717, 1.165) is 18.7 Å². The Kier molecular flexibility index (Phi) is 5.67. The van der Waals surface area contributed by atoms with Crippen molar-refractivity contribution in [1.82, 2.24) is 9.80 Å². The zero-order chi connectivity index (χ0) is 17.8. The topological polar surface area (TPSA) is 79.1 Å². The molecule has 136 valence electrons. The fourth-order valence-corrected chi connectivity index (χ4v) is 3.49. The van der Waals surface area contributed by atoms with Crippen molar-refractivity contribution in [2.45, 2.75) is 12.5 Å². The molecule has 1 unspecified atom stereocenters. The Balaban J connectivity index is 1.50. The summed E-state index contributed by atoms with van der Waals surface area (Å²) in [5.41, 5.74) is 8.08. The first kappa shape index (κ1) is 17.8. The molecule has 1 aromatic rings. The van der Waals surface area contributed by atoms with Crippen molar-refractivity contribution < 1.29 is 14.3 Å². The number of rotatable bonds is 5. The Morgan fingerprint density at radius 2 is 1.88 bits per heavy atom. The van der Waals surface area contributed by atoms with E-state index in [0.29, 0.717) is 32.7 Å². The maximum absolute atomic E-state index is 12.7. The molecule has 2 heterocycles. The second-order valence-corrected chi connectivity index (χ2v) is 6.59. The number of hydrogen-bond acceptors (Lipinski definition) is 5. The van der Waals surface area contributed by atoms with E-state index in [1.807, 2.05) is 23.1 Å². The van der Waals surface area contributed by atoms with Crippen LogP contribution in [0.25, 0.3) is 0 Å². The zero-order valence-electron chi connectivity index (χ0n) is 14.7. The van der Waals surface area contributed by atoms with Crippen LogP contribution in [0, 0.1) is 0 Å². The van der Waals surface area contributed by atoms with Crippen LogP contribution in [-0.2, 0) is 20.7 Å². The SMILES string of the molecule is COCC(N)C(=O)N1CCN(CC(=O)N2CCc3ccccc32)CC1. The Hall–Kier alpha value is -1.96. The second kappa shape index (κ2) is 7.95. The van der Waals surface area contributed by atoms with Crippen LogP contribution in [0.3, 0.4) is 0 Å². The third-order valence-corrected chi connectivity index (χ3v) is 4.89. The van der Waals surface area contributed by atoms with Gasteiger partial charge in [-0.3, -0.25) is 14.5 Å². The lowest BCUT2D eigenvalue weighted by molar-refractivity contribution is -0.135. The first-order valence-electron chi connectivity index (χ1n) is 8.74. The second-order valence-electron chi connectivity index (χ2n) is 6.59. The van der Waals surface area contributed by atoms with E-state index < -0.39 is 6.04 Å². The highest BCUT2D eigenvalue weighted by atomic mass is 16.5. The number of benzene rings is 1. The number of anilines is 1. The molecule has 1 atom stereocenters. The average molecular weight is 346 g/mol. The molecule has 0 saturated carbocycles. The minimum atomic E-state index is -0.612. The molecule has 1 aromatic carbocycles. The van der Waals surface area contributed by atoms with Gasteiger partial charge in [-0.15, -0.1) is 0 Å². The van der Waals surface area contributed by atoms with Crippen LogP contribution in [0.1, 0.15) is 5.56 Å². The van der Waals surface area contributed by atoms with Gasteiger partial charge >= 0.3 is 0 Å². The van der Waals surface area contributed by atoms with E-state index in [1.165, 1.54) is 12.7 Å². The van der Waals surface area contributed by atoms with Crippen LogP contribution >= 0.6 is 0 Å². The number of piperazine rings is 1. The molecule has 3 rings (SSSR count). The molecule has 0 aromatic heterocycles. The lowest BCUT2D eigenvalue weighted by Crippen LogP contribution is -2.55. The van der Waals surface area contributed by atoms with Gasteiger partial charge in [0, 0.05) is 45.5 Å². The summed E-state index contributed by atoms with van der Waals surface area (Å²) in [7, 11) is 1.53. The first-order chi connectivity index (χ1) is 12.1. The highest BCUT2D eigenvalue weighted by Gasteiger charge is 2.29. The Morgan fingerprint density at radius 1 is 1.16 bits per heavy atom. The number of methoxy groups -OCH3 is 1. The molecular formula is C18H26N4O3. The van der Waals surface area contributed by atoms with Crippen LogP contribution in [0.15, 0.2) is 24.3 Å². The summed E-state index contributed by atoms with van der Waals surface area (Å²) < 4.78 is 4.94. The smallest absolute Gasteiger partial charge is 0.241 e. The van der Waals surface area contributed by atoms with E-state index in [2.05, 4.69) is 11.0 Å². The van der Waals surface area contributed by atoms with Crippen molar-refractivity contribution in [2.24, 2.45) is 5.73 Å². The molecule has 7 heteroatoms. The zero-order valence-corrected chi connectivity index (χ0v) is 14.7.